The predicted octanol–water partition coefficient (Wildman–Crippen LogP) is 2.06. The number of fused-ring (bicyclic) bond motifs is 3. The summed E-state index contributed by atoms with van der Waals surface area (Å²) in [4.78, 5) is 0. The molecule has 1 aliphatic heterocycles. The Hall–Kier alpha value is -0.390. The van der Waals surface area contributed by atoms with Gasteiger partial charge in [-0.25, -0.2) is 0 Å². The van der Waals surface area contributed by atoms with Crippen molar-refractivity contribution in [1.29, 1.82) is 0 Å². The second kappa shape index (κ2) is 2.55. The van der Waals surface area contributed by atoms with E-state index in [2.05, 4.69) is 13.3 Å². The molecule has 0 spiro atoms. The van der Waals surface area contributed by atoms with Crippen LogP contribution in [0, 0.1) is 3.57 Å². The van der Waals surface area contributed by atoms with Crippen LogP contribution in [-0.2, 0) is 0 Å². The van der Waals surface area contributed by atoms with Crippen molar-refractivity contribution >= 4 is 21.0 Å². The van der Waals surface area contributed by atoms with Gasteiger partial charge >= 0.3 is 0 Å². The summed E-state index contributed by atoms with van der Waals surface area (Å²) in [5.74, 6) is 0.698. The highest BCUT2D eigenvalue weighted by atomic mass is 127. The van der Waals surface area contributed by atoms with Crippen LogP contribution in [0.2, 0.25) is 0 Å². The predicted molar refractivity (Wildman–Crippen MR) is 52.9 cm³/mol. The van der Waals surface area contributed by atoms with Crippen molar-refractivity contribution in [2.75, 3.05) is 0 Å². The van der Waals surface area contributed by atoms with E-state index in [1.54, 1.807) is 0 Å². The minimum Gasteiger partial charge on any atom is -0.254 e. The van der Waals surface area contributed by atoms with Gasteiger partial charge in [-0.05, 0) is 18.4 Å². The first-order chi connectivity index (χ1) is 5.95. The molecule has 0 amide bonds. The summed E-state index contributed by atoms with van der Waals surface area (Å²) in [5, 5.41) is 7.84. The zero-order chi connectivity index (χ0) is 7.97. The summed E-state index contributed by atoms with van der Waals surface area (Å²) in [6.45, 7) is 0. The van der Waals surface area contributed by atoms with Crippen LogP contribution >= 0.6 is 21.0 Å². The third-order valence-corrected chi connectivity index (χ3v) is 5.03. The second-order valence-corrected chi connectivity index (χ2v) is 5.43. The average Bonchev–Trinajstić information content (AvgIpc) is 2.05. The molecule has 2 aliphatic rings. The minimum atomic E-state index is -0.0987. The van der Waals surface area contributed by atoms with Gasteiger partial charge in [0.2, 0.25) is 0 Å². The fourth-order valence-electron chi connectivity index (χ4n) is 1.74. The minimum absolute atomic E-state index is 0.0987. The van der Waals surface area contributed by atoms with E-state index in [4.69, 9.17) is 0 Å². The lowest BCUT2D eigenvalue weighted by molar-refractivity contribution is 0.351. The van der Waals surface area contributed by atoms with Gasteiger partial charge in [-0.3, -0.25) is 3.15 Å². The van der Waals surface area contributed by atoms with Gasteiger partial charge in [0, 0.05) is 27.0 Å². The van der Waals surface area contributed by atoms with Gasteiger partial charge in [0.15, 0.2) is 0 Å². The molecule has 0 N–H and O–H groups in total. The lowest BCUT2D eigenvalue weighted by atomic mass is 9.76. The Bertz CT molecular complexity index is 350. The van der Waals surface area contributed by atoms with Crippen molar-refractivity contribution in [2.24, 2.45) is 3.15 Å². The van der Waals surface area contributed by atoms with Gasteiger partial charge < -0.3 is 0 Å². The van der Waals surface area contributed by atoms with E-state index in [-0.39, 0.29) is 21.0 Å². The number of hydrogen-bond acceptors (Lipinski definition) is 3. The highest BCUT2D eigenvalue weighted by molar-refractivity contribution is 14.2. The molecule has 0 saturated heterocycles. The fraction of sp³-hybridized carbons (Fsp3) is 0.500. The Balaban J connectivity index is 2.16. The molecular weight excluding hydrogens is 265 g/mol. The molecule has 1 saturated carbocycles. The largest absolute Gasteiger partial charge is 0.254 e. The molecule has 3 rings (SSSR count). The highest BCUT2D eigenvalue weighted by Gasteiger charge is 2.35. The Labute approximate surface area is 80.7 Å². The van der Waals surface area contributed by atoms with Crippen molar-refractivity contribution < 1.29 is 0 Å². The van der Waals surface area contributed by atoms with Gasteiger partial charge in [-0.15, -0.1) is 0 Å². The number of hydrogen-bond donors (Lipinski definition) is 0. The molecular formula is C8H8IN3. The van der Waals surface area contributed by atoms with Crippen LogP contribution in [0.15, 0.2) is 15.5 Å². The summed E-state index contributed by atoms with van der Waals surface area (Å²) in [6.07, 6.45) is 6.45. The Morgan fingerprint density at radius 2 is 2.17 bits per heavy atom. The molecule has 0 aromatic carbocycles. The fourth-order valence-corrected chi connectivity index (χ4v) is 4.13. The van der Waals surface area contributed by atoms with Crippen LogP contribution in [0.5, 0.6) is 0 Å². The van der Waals surface area contributed by atoms with Crippen LogP contribution in [-0.4, -0.2) is 16.2 Å². The van der Waals surface area contributed by atoms with Crippen molar-refractivity contribution in [2.45, 2.75) is 24.8 Å². The molecule has 1 aromatic rings. The van der Waals surface area contributed by atoms with Crippen LogP contribution < -0.4 is 0 Å². The Kier molecular flexibility index (Phi) is 1.50. The summed E-state index contributed by atoms with van der Waals surface area (Å²) in [6, 6.07) is 0.648. The third-order valence-electron chi connectivity index (χ3n) is 2.61. The number of rotatable bonds is 0. The maximum atomic E-state index is 4.68. The number of aromatic nitrogens is 2. The molecule has 1 aliphatic carbocycles. The molecule has 2 heterocycles. The van der Waals surface area contributed by atoms with Crippen LogP contribution in [0.1, 0.15) is 24.3 Å². The molecule has 0 radical (unpaired) electrons. The Morgan fingerprint density at radius 1 is 1.25 bits per heavy atom. The lowest BCUT2D eigenvalue weighted by Crippen LogP contribution is -2.29. The maximum absolute atomic E-state index is 4.68. The molecule has 0 bridgehead atoms. The van der Waals surface area contributed by atoms with E-state index >= 15 is 0 Å². The van der Waals surface area contributed by atoms with E-state index in [9.17, 15) is 0 Å². The Morgan fingerprint density at radius 3 is 3.00 bits per heavy atom. The monoisotopic (exact) mass is 273 g/mol. The van der Waals surface area contributed by atoms with E-state index in [0.29, 0.717) is 12.0 Å². The number of nitrogens with zero attached hydrogens (tertiary/aromatic N) is 3. The average molecular weight is 273 g/mol. The first-order valence-corrected chi connectivity index (χ1v) is 6.14. The summed E-state index contributed by atoms with van der Waals surface area (Å²) in [5.41, 5.74) is 1.45. The summed E-state index contributed by atoms with van der Waals surface area (Å²) < 4.78 is 6.07. The van der Waals surface area contributed by atoms with Crippen LogP contribution in [0.3, 0.4) is 0 Å². The number of halogens is 1. The maximum Gasteiger partial charge on any atom is 0.0642 e. The molecule has 1 aromatic heterocycles. The van der Waals surface area contributed by atoms with Crippen molar-refractivity contribution in [3.8, 4) is 0 Å². The van der Waals surface area contributed by atoms with E-state index in [1.165, 1.54) is 22.0 Å². The van der Waals surface area contributed by atoms with Gasteiger partial charge in [-0.2, -0.15) is 10.2 Å². The third kappa shape index (κ3) is 0.870. The van der Waals surface area contributed by atoms with Crippen molar-refractivity contribution in [1.82, 2.24) is 10.2 Å². The molecule has 2 atom stereocenters. The second-order valence-electron chi connectivity index (χ2n) is 3.23. The van der Waals surface area contributed by atoms with E-state index in [1.807, 2.05) is 12.4 Å². The molecule has 4 heteroatoms. The molecule has 3 nitrogen and oxygen atoms in total. The summed E-state index contributed by atoms with van der Waals surface area (Å²) >= 11 is -0.0987. The van der Waals surface area contributed by atoms with Gasteiger partial charge in [-0.1, -0.05) is 0 Å². The van der Waals surface area contributed by atoms with E-state index < -0.39 is 0 Å². The molecule has 2 unspecified atom stereocenters. The zero-order valence-electron chi connectivity index (χ0n) is 6.44. The SMILES string of the molecule is c1nncc2c1I=NC1CCC21. The van der Waals surface area contributed by atoms with Crippen molar-refractivity contribution in [3.63, 3.8) is 0 Å². The smallest absolute Gasteiger partial charge is 0.0642 e. The van der Waals surface area contributed by atoms with Crippen molar-refractivity contribution in [3.05, 3.63) is 21.5 Å². The van der Waals surface area contributed by atoms with Gasteiger partial charge in [0.25, 0.3) is 0 Å². The molecule has 12 heavy (non-hydrogen) atoms. The van der Waals surface area contributed by atoms with Gasteiger partial charge in [0.1, 0.15) is 0 Å². The quantitative estimate of drug-likeness (QED) is 0.678. The van der Waals surface area contributed by atoms with E-state index in [0.717, 1.165) is 0 Å². The highest BCUT2D eigenvalue weighted by Crippen LogP contribution is 2.46. The lowest BCUT2D eigenvalue weighted by Gasteiger charge is -2.36. The molecule has 1 fully saturated rings. The first-order valence-electron chi connectivity index (χ1n) is 4.10. The van der Waals surface area contributed by atoms with Crippen LogP contribution in [0.25, 0.3) is 0 Å². The van der Waals surface area contributed by atoms with Crippen LogP contribution in [0.4, 0.5) is 0 Å². The first kappa shape index (κ1) is 7.06. The summed E-state index contributed by atoms with van der Waals surface area (Å²) in [7, 11) is 0. The van der Waals surface area contributed by atoms with Gasteiger partial charge in [0.05, 0.1) is 22.0 Å². The zero-order valence-corrected chi connectivity index (χ0v) is 8.60. The standard InChI is InChI=1S/C8H8IN3/c1-2-8-5(1)6-3-10-11-4-7(6)9-12-8/h3-5,8H,1-2H2. The molecule has 62 valence electrons. The topological polar surface area (TPSA) is 38.1 Å². The normalized spacial score (nSPS) is 31.0.